The summed E-state index contributed by atoms with van der Waals surface area (Å²) in [4.78, 5) is 88.7. The predicted octanol–water partition coefficient (Wildman–Crippen LogP) is 3.18. The van der Waals surface area contributed by atoms with Gasteiger partial charge < -0.3 is 35.6 Å². The van der Waals surface area contributed by atoms with Crippen molar-refractivity contribution in [2.75, 3.05) is 18.5 Å². The molecule has 0 unspecified atom stereocenters. The quantitative estimate of drug-likeness (QED) is 0.184. The number of nitrogens with zero attached hydrogens (tertiary/aromatic N) is 1. The van der Waals surface area contributed by atoms with Gasteiger partial charge in [-0.15, -0.1) is 0 Å². The van der Waals surface area contributed by atoms with Crippen LogP contribution in [0.4, 0.5) is 14.5 Å². The van der Waals surface area contributed by atoms with Gasteiger partial charge in [0.25, 0.3) is 11.8 Å². The van der Waals surface area contributed by atoms with E-state index in [0.717, 1.165) is 34.3 Å². The van der Waals surface area contributed by atoms with Crippen LogP contribution in [0.3, 0.4) is 0 Å². The van der Waals surface area contributed by atoms with Gasteiger partial charge in [-0.05, 0) is 93.4 Å². The number of hydrogen-bond donors (Lipinski definition) is 5. The molecule has 0 bridgehead atoms. The molecule has 4 fully saturated rings. The van der Waals surface area contributed by atoms with Crippen molar-refractivity contribution in [1.82, 2.24) is 15.5 Å². The van der Waals surface area contributed by atoms with Crippen molar-refractivity contribution in [3.05, 3.63) is 101 Å². The number of ketones is 2. The van der Waals surface area contributed by atoms with Gasteiger partial charge in [0.2, 0.25) is 17.7 Å². The van der Waals surface area contributed by atoms with E-state index in [1.54, 1.807) is 37.3 Å². The van der Waals surface area contributed by atoms with Gasteiger partial charge in [0, 0.05) is 53.1 Å². The van der Waals surface area contributed by atoms with Crippen LogP contribution in [0.1, 0.15) is 76.4 Å². The summed E-state index contributed by atoms with van der Waals surface area (Å²) in [6.45, 7) is 5.14. The monoisotopic (exact) mass is 898 g/mol. The van der Waals surface area contributed by atoms with Crippen LogP contribution in [0.5, 0.6) is 0 Å². The minimum atomic E-state index is -2.36. The summed E-state index contributed by atoms with van der Waals surface area (Å²) in [5, 5.41) is 30.0. The fourth-order valence-corrected chi connectivity index (χ4v) is 11.4. The molecule has 15 nitrogen and oxygen atoms in total. The zero-order chi connectivity index (χ0) is 46.8. The van der Waals surface area contributed by atoms with Crippen molar-refractivity contribution in [1.29, 1.82) is 0 Å². The van der Waals surface area contributed by atoms with E-state index in [-0.39, 0.29) is 37.8 Å². The Balaban J connectivity index is 0.887. The molecule has 2 aromatic carbocycles. The van der Waals surface area contributed by atoms with Gasteiger partial charge in [-0.3, -0.25) is 38.5 Å². The molecule has 4 aliphatic carbocycles. The summed E-state index contributed by atoms with van der Waals surface area (Å²) in [6, 6.07) is 12.4. The molecule has 0 spiro atoms. The maximum absolute atomic E-state index is 17.7. The second kappa shape index (κ2) is 16.9. The van der Waals surface area contributed by atoms with E-state index in [4.69, 9.17) is 9.47 Å². The Kier molecular flexibility index (Phi) is 11.9. The number of aliphatic hydroxyl groups is 2. The van der Waals surface area contributed by atoms with Crippen LogP contribution in [0, 0.1) is 22.7 Å². The number of nitrogens with one attached hydrogen (secondary N) is 3. The number of amides is 5. The van der Waals surface area contributed by atoms with Gasteiger partial charge in [-0.25, -0.2) is 8.78 Å². The lowest BCUT2D eigenvalue weighted by Crippen LogP contribution is -2.70. The van der Waals surface area contributed by atoms with E-state index in [0.29, 0.717) is 17.7 Å². The number of Topliss-reactive ketones (excluding diaryl/α,β-unsaturated/α-hetero) is 1. The smallest absolute Gasteiger partial charge is 0.253 e. The second-order valence-corrected chi connectivity index (χ2v) is 18.5. The highest BCUT2D eigenvalue weighted by atomic mass is 19.1. The number of anilines is 1. The Bertz CT molecular complexity index is 2420. The second-order valence-electron chi connectivity index (χ2n) is 18.5. The number of fused-ring (bicyclic) bond motifs is 7. The van der Waals surface area contributed by atoms with Gasteiger partial charge in [0.05, 0.1) is 12.2 Å². The SMILES string of the molecule is C[C@H](NC(=O)CCN1C(=O)C=CC1=O)C(=O)N[C@@H](C)C(=O)Nc1cccc(Cc2ccc([C@@H]3O[C@@H]4C[C@H]5[C@@H]6C[C@H](F)C7=CC(=O)C=C[C@]7(C)[C@@]6(F)[C@@H](O)C[C@]5(C)[C@]4(C(=O)CO)O3)cc2)c1. The predicted molar refractivity (Wildman–Crippen MR) is 228 cm³/mol. The first-order valence-electron chi connectivity index (χ1n) is 21.8. The largest absolute Gasteiger partial charge is 0.390 e. The van der Waals surface area contributed by atoms with Crippen molar-refractivity contribution in [3.8, 4) is 0 Å². The van der Waals surface area contributed by atoms with Crippen LogP contribution in [-0.4, -0.2) is 111 Å². The van der Waals surface area contributed by atoms with Crippen molar-refractivity contribution in [2.45, 2.75) is 108 Å². The van der Waals surface area contributed by atoms with E-state index in [1.807, 2.05) is 18.2 Å². The Hall–Kier alpha value is -5.75. The highest BCUT2D eigenvalue weighted by Gasteiger charge is 2.80. The fourth-order valence-electron chi connectivity index (χ4n) is 11.4. The number of benzene rings is 2. The molecule has 2 heterocycles. The third-order valence-electron chi connectivity index (χ3n) is 14.8. The van der Waals surface area contributed by atoms with E-state index in [1.165, 1.54) is 32.9 Å². The van der Waals surface area contributed by atoms with E-state index >= 15 is 8.78 Å². The number of aliphatic hydroxyl groups excluding tert-OH is 2. The highest BCUT2D eigenvalue weighted by Crippen LogP contribution is 2.72. The molecular formula is C48H52F2N4O11. The molecule has 6 aliphatic rings. The van der Waals surface area contributed by atoms with E-state index in [9.17, 15) is 43.8 Å². The number of hydrogen-bond acceptors (Lipinski definition) is 11. The molecule has 344 valence electrons. The molecule has 12 atom stereocenters. The average molecular weight is 899 g/mol. The lowest BCUT2D eigenvalue weighted by Gasteiger charge is -2.63. The van der Waals surface area contributed by atoms with Crippen LogP contribution in [0.15, 0.2) is 84.5 Å². The average Bonchev–Trinajstić information content (AvgIpc) is 3.89. The number of allylic oxidation sites excluding steroid dienone is 4. The number of carbonyl (C=O) groups excluding carboxylic acids is 7. The number of alkyl halides is 2. The first kappa shape index (κ1) is 45.8. The Morgan fingerprint density at radius 2 is 1.60 bits per heavy atom. The molecule has 3 saturated carbocycles. The highest BCUT2D eigenvalue weighted by molar-refractivity contribution is 6.13. The van der Waals surface area contributed by atoms with Crippen LogP contribution in [0.2, 0.25) is 0 Å². The maximum Gasteiger partial charge on any atom is 0.253 e. The fraction of sp³-hybridized carbons (Fsp3) is 0.479. The standard InChI is InChI=1S/C48H52F2N4O11/c1-25(51-39(59)15-17-54-40(60)12-13-41(54)61)42(62)52-26(2)43(63)53-30-7-5-6-28(19-30)18-27-8-10-29(11-9-27)44-64-38-22-32-33-21-35(49)34-20-31(56)14-16-45(34,3)47(33,50)36(57)23-46(32,4)48(38,65-44)37(58)24-55/h5-14,16,19-20,25-26,32-33,35-36,38,44,55,57H,15,17-18,21-24H2,1-4H3,(H,51,59)(H,52,62)(H,53,63)/t25-,26-,32-,33-,35-,36-,38+,44+,45-,46-,47-,48+/m0/s1. The van der Waals surface area contributed by atoms with E-state index in [2.05, 4.69) is 16.0 Å². The number of carbonyl (C=O) groups is 7. The number of imide groups is 1. The van der Waals surface area contributed by atoms with Gasteiger partial charge in [-0.1, -0.05) is 49.4 Å². The van der Waals surface area contributed by atoms with Gasteiger partial charge >= 0.3 is 0 Å². The number of ether oxygens (including phenoxy) is 2. The first-order valence-corrected chi connectivity index (χ1v) is 21.8. The van der Waals surface area contributed by atoms with Gasteiger partial charge in [-0.2, -0.15) is 0 Å². The maximum atomic E-state index is 17.7. The summed E-state index contributed by atoms with van der Waals surface area (Å²) in [6.07, 6.45) is 0.452. The zero-order valence-electron chi connectivity index (χ0n) is 36.3. The molecule has 0 aromatic heterocycles. The third kappa shape index (κ3) is 7.55. The number of rotatable bonds is 13. The lowest BCUT2D eigenvalue weighted by molar-refractivity contribution is -0.235. The Labute approximate surface area is 373 Å². The third-order valence-corrected chi connectivity index (χ3v) is 14.8. The molecule has 1 saturated heterocycles. The Morgan fingerprint density at radius 3 is 2.29 bits per heavy atom. The summed E-state index contributed by atoms with van der Waals surface area (Å²) >= 11 is 0. The van der Waals surface area contributed by atoms with Crippen molar-refractivity contribution in [2.24, 2.45) is 22.7 Å². The minimum Gasteiger partial charge on any atom is -0.390 e. The van der Waals surface area contributed by atoms with Crippen molar-refractivity contribution < 1.29 is 62.0 Å². The first-order chi connectivity index (χ1) is 30.7. The summed E-state index contributed by atoms with van der Waals surface area (Å²) in [5.74, 6) is -5.56. The number of halogens is 2. The van der Waals surface area contributed by atoms with Crippen LogP contribution in [0.25, 0.3) is 0 Å². The molecule has 17 heteroatoms. The molecule has 5 amide bonds. The minimum absolute atomic E-state index is 0.00309. The van der Waals surface area contributed by atoms with Crippen LogP contribution in [-0.2, 0) is 49.5 Å². The Morgan fingerprint density at radius 1 is 0.908 bits per heavy atom. The molecule has 65 heavy (non-hydrogen) atoms. The van der Waals surface area contributed by atoms with Gasteiger partial charge in [0.1, 0.15) is 24.9 Å². The summed E-state index contributed by atoms with van der Waals surface area (Å²) < 4.78 is 46.8. The molecule has 2 aromatic rings. The van der Waals surface area contributed by atoms with Crippen molar-refractivity contribution in [3.63, 3.8) is 0 Å². The van der Waals surface area contributed by atoms with Crippen LogP contribution < -0.4 is 16.0 Å². The molecule has 0 radical (unpaired) electrons. The normalized spacial score (nSPS) is 34.2. The zero-order valence-corrected chi connectivity index (χ0v) is 36.3. The van der Waals surface area contributed by atoms with Crippen LogP contribution >= 0.6 is 0 Å². The molecule has 8 rings (SSSR count). The lowest BCUT2D eigenvalue weighted by atomic mass is 9.44. The molecular weight excluding hydrogens is 847 g/mol. The topological polar surface area (TPSA) is 218 Å². The van der Waals surface area contributed by atoms with Gasteiger partial charge in [0.15, 0.2) is 29.1 Å². The summed E-state index contributed by atoms with van der Waals surface area (Å²) in [5.41, 5.74) is -4.21. The molecule has 5 N–H and O–H groups in total. The van der Waals surface area contributed by atoms with E-state index < -0.39 is 118 Å². The molecule has 2 aliphatic heterocycles. The summed E-state index contributed by atoms with van der Waals surface area (Å²) in [7, 11) is 0. The van der Waals surface area contributed by atoms with Crippen molar-refractivity contribution >= 4 is 46.8 Å².